The molecule has 26 heavy (non-hydrogen) atoms. The number of methoxy groups -OCH3 is 1. The summed E-state index contributed by atoms with van der Waals surface area (Å²) in [6, 6.07) is 10.2. The normalized spacial score (nSPS) is 16.1. The van der Waals surface area contributed by atoms with Gasteiger partial charge in [0.05, 0.1) is 29.7 Å². The highest BCUT2D eigenvalue weighted by atomic mass is 16.5. The Kier molecular flexibility index (Phi) is 3.96. The molecule has 134 valence electrons. The second kappa shape index (κ2) is 6.30. The van der Waals surface area contributed by atoms with E-state index in [0.717, 1.165) is 10.9 Å². The van der Waals surface area contributed by atoms with E-state index in [2.05, 4.69) is 25.8 Å². The highest BCUT2D eigenvalue weighted by Crippen LogP contribution is 2.45. The number of rotatable bonds is 5. The number of aromatic amines is 1. The van der Waals surface area contributed by atoms with Crippen LogP contribution in [0.2, 0.25) is 0 Å². The Hall–Kier alpha value is -3.13. The number of carbonyl (C=O) groups is 1. The number of aromatic nitrogens is 3. The van der Waals surface area contributed by atoms with Crippen LogP contribution < -0.4 is 15.4 Å². The number of benzene rings is 1. The van der Waals surface area contributed by atoms with Gasteiger partial charge in [0.25, 0.3) is 0 Å². The Labute approximate surface area is 149 Å². The monoisotopic (exact) mass is 353 g/mol. The van der Waals surface area contributed by atoms with Crippen molar-refractivity contribution in [1.29, 1.82) is 0 Å². The lowest BCUT2D eigenvalue weighted by atomic mass is 10.00. The molecule has 0 bridgehead atoms. The van der Waals surface area contributed by atoms with Crippen molar-refractivity contribution in [3.63, 3.8) is 0 Å². The van der Waals surface area contributed by atoms with E-state index in [1.54, 1.807) is 12.3 Å². The minimum absolute atomic E-state index is 0.371. The molecule has 8 nitrogen and oxygen atoms in total. The third-order valence-electron chi connectivity index (χ3n) is 4.56. The van der Waals surface area contributed by atoms with E-state index >= 15 is 0 Å². The molecule has 1 aliphatic rings. The summed E-state index contributed by atoms with van der Waals surface area (Å²) in [4.78, 5) is 16.7. The topological polar surface area (TPSA) is 112 Å². The summed E-state index contributed by atoms with van der Waals surface area (Å²) in [6.45, 7) is 0. The minimum Gasteiger partial charge on any atom is -0.479 e. The van der Waals surface area contributed by atoms with Gasteiger partial charge in [-0.3, -0.25) is 10.4 Å². The van der Waals surface area contributed by atoms with Crippen LogP contribution in [-0.2, 0) is 0 Å². The SMILES string of the molecule is COc1n[nH]c2cc(NC(=O)NC(c3ccccc3)C3(O)CC3)ncc12. The number of urea groups is 1. The van der Waals surface area contributed by atoms with Crippen LogP contribution in [0.1, 0.15) is 24.4 Å². The number of carbonyl (C=O) groups excluding carboxylic acids is 1. The van der Waals surface area contributed by atoms with Crippen LogP contribution in [0, 0.1) is 0 Å². The standard InChI is InChI=1S/C18H19N5O3/c1-26-16-12-10-19-14(9-13(12)22-23-16)20-17(24)21-15(18(25)7-8-18)11-5-3-2-4-6-11/h2-6,9-10,15,25H,7-8H2,1H3,(H,22,23)(H2,19,20,21,24). The summed E-state index contributed by atoms with van der Waals surface area (Å²) in [5.41, 5.74) is 0.671. The van der Waals surface area contributed by atoms with Gasteiger partial charge < -0.3 is 15.2 Å². The Morgan fingerprint density at radius 1 is 1.35 bits per heavy atom. The number of anilines is 1. The van der Waals surface area contributed by atoms with Crippen molar-refractivity contribution in [1.82, 2.24) is 20.5 Å². The summed E-state index contributed by atoms with van der Waals surface area (Å²) in [7, 11) is 1.53. The Bertz CT molecular complexity index is 936. The number of hydrogen-bond acceptors (Lipinski definition) is 5. The van der Waals surface area contributed by atoms with Gasteiger partial charge in [0.1, 0.15) is 5.82 Å². The first-order chi connectivity index (χ1) is 12.6. The number of pyridine rings is 1. The van der Waals surface area contributed by atoms with Crippen molar-refractivity contribution in [2.75, 3.05) is 12.4 Å². The maximum absolute atomic E-state index is 12.4. The van der Waals surface area contributed by atoms with E-state index in [1.165, 1.54) is 7.11 Å². The van der Waals surface area contributed by atoms with Gasteiger partial charge in [-0.15, -0.1) is 5.10 Å². The van der Waals surface area contributed by atoms with E-state index in [1.807, 2.05) is 30.3 Å². The first kappa shape index (κ1) is 16.3. The minimum atomic E-state index is -0.896. The zero-order valence-electron chi connectivity index (χ0n) is 14.2. The molecule has 4 N–H and O–H groups in total. The fourth-order valence-electron chi connectivity index (χ4n) is 2.99. The number of nitrogens with zero attached hydrogens (tertiary/aromatic N) is 2. The largest absolute Gasteiger partial charge is 0.479 e. The van der Waals surface area contributed by atoms with Crippen molar-refractivity contribution >= 4 is 22.8 Å². The summed E-state index contributed by atoms with van der Waals surface area (Å²) in [5, 5.41) is 23.7. The molecule has 1 atom stereocenters. The number of ether oxygens (including phenoxy) is 1. The molecular weight excluding hydrogens is 334 g/mol. The summed E-state index contributed by atoms with van der Waals surface area (Å²) in [6.07, 6.45) is 2.90. The number of aliphatic hydroxyl groups is 1. The molecule has 3 aromatic rings. The maximum Gasteiger partial charge on any atom is 0.320 e. The summed E-state index contributed by atoms with van der Waals surface area (Å²) < 4.78 is 5.12. The highest BCUT2D eigenvalue weighted by molar-refractivity contribution is 5.92. The lowest BCUT2D eigenvalue weighted by Crippen LogP contribution is -2.40. The molecular formula is C18H19N5O3. The molecule has 0 aliphatic heterocycles. The lowest BCUT2D eigenvalue weighted by Gasteiger charge is -2.24. The number of fused-ring (bicyclic) bond motifs is 1. The van der Waals surface area contributed by atoms with Gasteiger partial charge in [-0.2, -0.15) is 0 Å². The van der Waals surface area contributed by atoms with Crippen molar-refractivity contribution in [2.45, 2.75) is 24.5 Å². The van der Waals surface area contributed by atoms with Crippen LogP contribution in [0.5, 0.6) is 5.88 Å². The highest BCUT2D eigenvalue weighted by Gasteiger charge is 2.49. The molecule has 8 heteroatoms. The predicted octanol–water partition coefficient (Wildman–Crippen LogP) is 2.35. The summed E-state index contributed by atoms with van der Waals surface area (Å²) in [5.74, 6) is 0.819. The van der Waals surface area contributed by atoms with Crippen molar-refractivity contribution in [3.8, 4) is 5.88 Å². The quantitative estimate of drug-likeness (QED) is 0.562. The van der Waals surface area contributed by atoms with Gasteiger partial charge in [0.15, 0.2) is 0 Å². The molecule has 4 rings (SSSR count). The van der Waals surface area contributed by atoms with E-state index < -0.39 is 17.7 Å². The van der Waals surface area contributed by atoms with Crippen LogP contribution in [0.4, 0.5) is 10.6 Å². The molecule has 1 aliphatic carbocycles. The Balaban J connectivity index is 1.50. The van der Waals surface area contributed by atoms with Crippen LogP contribution >= 0.6 is 0 Å². The van der Waals surface area contributed by atoms with Crippen LogP contribution in [0.25, 0.3) is 10.9 Å². The molecule has 1 unspecified atom stereocenters. The zero-order valence-corrected chi connectivity index (χ0v) is 14.2. The molecule has 1 fully saturated rings. The first-order valence-electron chi connectivity index (χ1n) is 8.32. The average Bonchev–Trinajstić information content (AvgIpc) is 3.27. The molecule has 1 aromatic carbocycles. The average molecular weight is 353 g/mol. The van der Waals surface area contributed by atoms with Gasteiger partial charge in [-0.05, 0) is 18.4 Å². The fraction of sp³-hybridized carbons (Fsp3) is 0.278. The van der Waals surface area contributed by atoms with E-state index in [4.69, 9.17) is 4.74 Å². The second-order valence-electron chi connectivity index (χ2n) is 6.39. The van der Waals surface area contributed by atoms with Crippen molar-refractivity contribution in [2.24, 2.45) is 0 Å². The van der Waals surface area contributed by atoms with Crippen LogP contribution in [0.3, 0.4) is 0 Å². The predicted molar refractivity (Wildman–Crippen MR) is 96.0 cm³/mol. The summed E-state index contributed by atoms with van der Waals surface area (Å²) >= 11 is 0. The van der Waals surface area contributed by atoms with E-state index in [9.17, 15) is 9.90 Å². The molecule has 2 heterocycles. The van der Waals surface area contributed by atoms with Gasteiger partial charge in [-0.25, -0.2) is 9.78 Å². The van der Waals surface area contributed by atoms with Crippen LogP contribution in [-0.4, -0.2) is 39.0 Å². The molecule has 0 spiro atoms. The number of nitrogens with one attached hydrogen (secondary N) is 3. The number of amides is 2. The molecule has 1 saturated carbocycles. The molecule has 2 aromatic heterocycles. The molecule has 2 amide bonds. The molecule has 0 radical (unpaired) electrons. The smallest absolute Gasteiger partial charge is 0.320 e. The van der Waals surface area contributed by atoms with Gasteiger partial charge in [0, 0.05) is 12.3 Å². The number of hydrogen-bond donors (Lipinski definition) is 4. The van der Waals surface area contributed by atoms with Gasteiger partial charge in [-0.1, -0.05) is 30.3 Å². The molecule has 0 saturated heterocycles. The lowest BCUT2D eigenvalue weighted by molar-refractivity contribution is 0.106. The second-order valence-corrected chi connectivity index (χ2v) is 6.39. The zero-order chi connectivity index (χ0) is 18.1. The third-order valence-corrected chi connectivity index (χ3v) is 4.56. The Morgan fingerprint density at radius 2 is 2.12 bits per heavy atom. The maximum atomic E-state index is 12.4. The van der Waals surface area contributed by atoms with Crippen molar-refractivity contribution in [3.05, 3.63) is 48.2 Å². The van der Waals surface area contributed by atoms with Crippen LogP contribution in [0.15, 0.2) is 42.6 Å². The van der Waals surface area contributed by atoms with E-state index in [-0.39, 0.29) is 0 Å². The fourth-order valence-corrected chi connectivity index (χ4v) is 2.99. The first-order valence-corrected chi connectivity index (χ1v) is 8.32. The van der Waals surface area contributed by atoms with E-state index in [0.29, 0.717) is 30.1 Å². The van der Waals surface area contributed by atoms with Crippen molar-refractivity contribution < 1.29 is 14.6 Å². The van der Waals surface area contributed by atoms with Gasteiger partial charge in [0.2, 0.25) is 5.88 Å². The third kappa shape index (κ3) is 3.06. The Morgan fingerprint density at radius 3 is 2.81 bits per heavy atom. The number of H-pyrrole nitrogens is 1. The van der Waals surface area contributed by atoms with Gasteiger partial charge >= 0.3 is 6.03 Å².